The molecule has 2 heteroatoms. The Hall–Kier alpha value is -0.530. The molecule has 0 aromatic heterocycles. The second kappa shape index (κ2) is 6.30. The van der Waals surface area contributed by atoms with Gasteiger partial charge in [0.1, 0.15) is 0 Å². The summed E-state index contributed by atoms with van der Waals surface area (Å²) in [5, 5.41) is 4.47. The molecular weight excluding hydrogens is 278 g/mol. The van der Waals surface area contributed by atoms with Crippen molar-refractivity contribution in [1.82, 2.24) is 5.32 Å². The third-order valence-electron chi connectivity index (χ3n) is 6.13. The van der Waals surface area contributed by atoms with Crippen LogP contribution in [-0.2, 0) is 0 Å². The van der Waals surface area contributed by atoms with E-state index in [9.17, 15) is 0 Å². The van der Waals surface area contributed by atoms with Crippen LogP contribution in [0.15, 0.2) is 24.3 Å². The molecule has 3 rings (SSSR count). The van der Waals surface area contributed by atoms with Crippen LogP contribution in [-0.4, -0.2) is 13.1 Å². The molecule has 1 aromatic carbocycles. The van der Waals surface area contributed by atoms with Crippen molar-refractivity contribution in [2.24, 2.45) is 17.3 Å². The zero-order chi connectivity index (χ0) is 14.9. The standard InChI is InChI=1S/C19H28ClN/c1-14(2)15-7-9-19(10-8-15)11-12-21-13-18(19)16-3-5-17(20)6-4-16/h3-6,14-15,18,21H,7-13H2,1-2H3. The van der Waals surface area contributed by atoms with Gasteiger partial charge in [-0.05, 0) is 73.6 Å². The van der Waals surface area contributed by atoms with Gasteiger partial charge in [-0.3, -0.25) is 0 Å². The molecule has 1 spiro atoms. The Morgan fingerprint density at radius 2 is 1.76 bits per heavy atom. The number of rotatable bonds is 2. The van der Waals surface area contributed by atoms with Gasteiger partial charge in [0.05, 0.1) is 0 Å². The van der Waals surface area contributed by atoms with Crippen LogP contribution in [0.25, 0.3) is 0 Å². The topological polar surface area (TPSA) is 12.0 Å². The van der Waals surface area contributed by atoms with Crippen molar-refractivity contribution >= 4 is 11.6 Å². The van der Waals surface area contributed by atoms with Crippen LogP contribution in [0.4, 0.5) is 0 Å². The minimum absolute atomic E-state index is 0.532. The fourth-order valence-electron chi connectivity index (χ4n) is 4.62. The second-order valence-electron chi connectivity index (χ2n) is 7.50. The summed E-state index contributed by atoms with van der Waals surface area (Å²) in [6, 6.07) is 8.60. The van der Waals surface area contributed by atoms with E-state index in [1.54, 1.807) is 0 Å². The molecule has 0 radical (unpaired) electrons. The number of nitrogens with one attached hydrogen (secondary N) is 1. The molecule has 1 saturated heterocycles. The van der Waals surface area contributed by atoms with Crippen LogP contribution in [0.1, 0.15) is 57.4 Å². The molecule has 2 aliphatic rings. The van der Waals surface area contributed by atoms with Crippen LogP contribution in [0.5, 0.6) is 0 Å². The molecular formula is C19H28ClN. The van der Waals surface area contributed by atoms with Crippen LogP contribution in [0.3, 0.4) is 0 Å². The maximum Gasteiger partial charge on any atom is 0.0406 e. The summed E-state index contributed by atoms with van der Waals surface area (Å²) < 4.78 is 0. The molecule has 1 aromatic rings. The number of hydrogen-bond donors (Lipinski definition) is 1. The van der Waals surface area contributed by atoms with Crippen molar-refractivity contribution in [2.45, 2.75) is 51.9 Å². The smallest absolute Gasteiger partial charge is 0.0406 e. The highest BCUT2D eigenvalue weighted by Crippen LogP contribution is 2.53. The lowest BCUT2D eigenvalue weighted by Crippen LogP contribution is -2.45. The SMILES string of the molecule is CC(C)C1CCC2(CCNCC2c2ccc(Cl)cc2)CC1. The molecule has 0 amide bonds. The molecule has 1 heterocycles. The Balaban J connectivity index is 1.80. The molecule has 21 heavy (non-hydrogen) atoms. The first-order chi connectivity index (χ1) is 10.1. The summed E-state index contributed by atoms with van der Waals surface area (Å²) in [7, 11) is 0. The maximum atomic E-state index is 6.07. The quantitative estimate of drug-likeness (QED) is 0.787. The molecule has 1 atom stereocenters. The molecule has 1 aliphatic heterocycles. The van der Waals surface area contributed by atoms with Gasteiger partial charge in [0.25, 0.3) is 0 Å². The molecule has 116 valence electrons. The molecule has 1 saturated carbocycles. The van der Waals surface area contributed by atoms with Crippen molar-refractivity contribution in [2.75, 3.05) is 13.1 Å². The van der Waals surface area contributed by atoms with Crippen molar-refractivity contribution in [3.05, 3.63) is 34.9 Å². The van der Waals surface area contributed by atoms with Crippen molar-refractivity contribution in [3.63, 3.8) is 0 Å². The first-order valence-corrected chi connectivity index (χ1v) is 8.95. The summed E-state index contributed by atoms with van der Waals surface area (Å²) in [4.78, 5) is 0. The summed E-state index contributed by atoms with van der Waals surface area (Å²) in [6.45, 7) is 7.11. The highest BCUT2D eigenvalue weighted by molar-refractivity contribution is 6.30. The average molecular weight is 306 g/mol. The van der Waals surface area contributed by atoms with E-state index >= 15 is 0 Å². The monoisotopic (exact) mass is 305 g/mol. The highest BCUT2D eigenvalue weighted by Gasteiger charge is 2.43. The Morgan fingerprint density at radius 1 is 1.10 bits per heavy atom. The molecule has 0 bridgehead atoms. The Morgan fingerprint density at radius 3 is 2.38 bits per heavy atom. The van der Waals surface area contributed by atoms with E-state index in [2.05, 4.69) is 43.4 Å². The first kappa shape index (κ1) is 15.4. The van der Waals surface area contributed by atoms with Gasteiger partial charge in [-0.25, -0.2) is 0 Å². The van der Waals surface area contributed by atoms with Crippen LogP contribution >= 0.6 is 11.6 Å². The molecule has 2 fully saturated rings. The predicted octanol–water partition coefficient (Wildman–Crippen LogP) is 5.25. The van der Waals surface area contributed by atoms with Gasteiger partial charge in [-0.15, -0.1) is 0 Å². The fourth-order valence-corrected chi connectivity index (χ4v) is 4.75. The minimum atomic E-state index is 0.532. The highest BCUT2D eigenvalue weighted by atomic mass is 35.5. The number of piperidine rings is 1. The zero-order valence-electron chi connectivity index (χ0n) is 13.4. The van der Waals surface area contributed by atoms with E-state index < -0.39 is 0 Å². The Kier molecular flexibility index (Phi) is 4.61. The summed E-state index contributed by atoms with van der Waals surface area (Å²) >= 11 is 6.07. The number of hydrogen-bond acceptors (Lipinski definition) is 1. The van der Waals surface area contributed by atoms with Gasteiger partial charge in [-0.1, -0.05) is 37.6 Å². The lowest BCUT2D eigenvalue weighted by Gasteiger charge is -2.49. The second-order valence-corrected chi connectivity index (χ2v) is 7.94. The lowest BCUT2D eigenvalue weighted by molar-refractivity contribution is 0.0670. The van der Waals surface area contributed by atoms with Gasteiger partial charge in [-0.2, -0.15) is 0 Å². The van der Waals surface area contributed by atoms with Crippen molar-refractivity contribution in [3.8, 4) is 0 Å². The third kappa shape index (κ3) is 3.14. The van der Waals surface area contributed by atoms with Crippen LogP contribution < -0.4 is 5.32 Å². The van der Waals surface area contributed by atoms with Gasteiger partial charge in [0.2, 0.25) is 0 Å². The lowest BCUT2D eigenvalue weighted by atomic mass is 9.58. The van der Waals surface area contributed by atoms with E-state index in [1.165, 1.54) is 44.2 Å². The van der Waals surface area contributed by atoms with Gasteiger partial charge >= 0.3 is 0 Å². The summed E-state index contributed by atoms with van der Waals surface area (Å²) in [5.74, 6) is 2.45. The van der Waals surface area contributed by atoms with Crippen molar-refractivity contribution in [1.29, 1.82) is 0 Å². The van der Waals surface area contributed by atoms with E-state index in [0.29, 0.717) is 11.3 Å². The van der Waals surface area contributed by atoms with Gasteiger partial charge in [0.15, 0.2) is 0 Å². The molecule has 1 aliphatic carbocycles. The molecule has 1 nitrogen and oxygen atoms in total. The third-order valence-corrected chi connectivity index (χ3v) is 6.38. The minimum Gasteiger partial charge on any atom is -0.316 e. The van der Waals surface area contributed by atoms with E-state index in [-0.39, 0.29) is 0 Å². The molecule has 1 unspecified atom stereocenters. The maximum absolute atomic E-state index is 6.07. The Bertz CT molecular complexity index is 457. The number of halogens is 1. The average Bonchev–Trinajstić information content (AvgIpc) is 2.49. The van der Waals surface area contributed by atoms with E-state index in [0.717, 1.165) is 23.4 Å². The van der Waals surface area contributed by atoms with Gasteiger partial charge in [0, 0.05) is 17.5 Å². The zero-order valence-corrected chi connectivity index (χ0v) is 14.1. The van der Waals surface area contributed by atoms with Crippen LogP contribution in [0.2, 0.25) is 5.02 Å². The Labute approximate surface area is 134 Å². The number of benzene rings is 1. The first-order valence-electron chi connectivity index (χ1n) is 8.57. The fraction of sp³-hybridized carbons (Fsp3) is 0.684. The summed E-state index contributed by atoms with van der Waals surface area (Å²) in [5.41, 5.74) is 2.01. The van der Waals surface area contributed by atoms with E-state index in [4.69, 9.17) is 11.6 Å². The van der Waals surface area contributed by atoms with Crippen molar-refractivity contribution < 1.29 is 0 Å². The van der Waals surface area contributed by atoms with Gasteiger partial charge < -0.3 is 5.32 Å². The van der Waals surface area contributed by atoms with E-state index in [1.807, 2.05) is 0 Å². The largest absolute Gasteiger partial charge is 0.316 e. The van der Waals surface area contributed by atoms with Crippen LogP contribution in [0, 0.1) is 17.3 Å². The summed E-state index contributed by atoms with van der Waals surface area (Å²) in [6.07, 6.45) is 6.99. The molecule has 1 N–H and O–H groups in total. The predicted molar refractivity (Wildman–Crippen MR) is 90.9 cm³/mol. The normalized spacial score (nSPS) is 33.5.